The van der Waals surface area contributed by atoms with E-state index in [1.807, 2.05) is 0 Å². The molecular formula is C60H41N. The molecule has 0 amide bonds. The van der Waals surface area contributed by atoms with Crippen LogP contribution in [0, 0.1) is 0 Å². The smallest absolute Gasteiger partial charge is 0.0467 e. The van der Waals surface area contributed by atoms with Gasteiger partial charge in [0.25, 0.3) is 0 Å². The molecule has 286 valence electrons. The largest absolute Gasteiger partial charge is 0.310 e. The summed E-state index contributed by atoms with van der Waals surface area (Å²) in [4.78, 5) is 2.38. The SMILES string of the molecule is c1ccc(-c2ccc(-c3ccc(N(c4ccc(-c5ccc6ccccc6c5-c5ccccc5)cc4)c4cccc(-c5ccc6c(ccc7ccccc76)c5)c4)cc3)cc2)cc1. The van der Waals surface area contributed by atoms with Crippen molar-refractivity contribution in [1.29, 1.82) is 0 Å². The second-order valence-electron chi connectivity index (χ2n) is 15.7. The third-order valence-corrected chi connectivity index (χ3v) is 12.1. The molecule has 0 fully saturated rings. The summed E-state index contributed by atoms with van der Waals surface area (Å²) in [5.74, 6) is 0. The first kappa shape index (κ1) is 36.1. The minimum absolute atomic E-state index is 1.09. The number of rotatable bonds is 8. The van der Waals surface area contributed by atoms with E-state index in [2.05, 4.69) is 254 Å². The Morgan fingerprint density at radius 3 is 1.33 bits per heavy atom. The second-order valence-corrected chi connectivity index (χ2v) is 15.7. The van der Waals surface area contributed by atoms with E-state index in [1.165, 1.54) is 88.0 Å². The molecule has 11 aromatic carbocycles. The first-order valence-corrected chi connectivity index (χ1v) is 21.0. The van der Waals surface area contributed by atoms with E-state index in [1.54, 1.807) is 0 Å². The molecule has 11 aromatic rings. The molecule has 0 heterocycles. The van der Waals surface area contributed by atoms with Crippen molar-refractivity contribution in [2.24, 2.45) is 0 Å². The number of hydrogen-bond acceptors (Lipinski definition) is 1. The summed E-state index contributed by atoms with van der Waals surface area (Å²) < 4.78 is 0. The molecule has 0 atom stereocenters. The zero-order chi connectivity index (χ0) is 40.5. The molecule has 0 aliphatic rings. The third-order valence-electron chi connectivity index (χ3n) is 12.1. The highest BCUT2D eigenvalue weighted by molar-refractivity contribution is 6.08. The number of anilines is 3. The van der Waals surface area contributed by atoms with Crippen LogP contribution < -0.4 is 4.90 Å². The van der Waals surface area contributed by atoms with Gasteiger partial charge in [0.2, 0.25) is 0 Å². The van der Waals surface area contributed by atoms with Gasteiger partial charge in [-0.05, 0) is 130 Å². The lowest BCUT2D eigenvalue weighted by atomic mass is 9.90. The highest BCUT2D eigenvalue weighted by Gasteiger charge is 2.17. The second kappa shape index (κ2) is 15.6. The van der Waals surface area contributed by atoms with Gasteiger partial charge in [0.05, 0.1) is 0 Å². The zero-order valence-corrected chi connectivity index (χ0v) is 33.6. The van der Waals surface area contributed by atoms with Crippen LogP contribution in [-0.2, 0) is 0 Å². The average molecular weight is 776 g/mol. The normalized spacial score (nSPS) is 11.3. The molecular weight excluding hydrogens is 735 g/mol. The van der Waals surface area contributed by atoms with E-state index in [4.69, 9.17) is 0 Å². The van der Waals surface area contributed by atoms with Crippen molar-refractivity contribution in [1.82, 2.24) is 0 Å². The van der Waals surface area contributed by atoms with E-state index in [0.29, 0.717) is 0 Å². The fourth-order valence-corrected chi connectivity index (χ4v) is 8.97. The molecule has 0 aromatic heterocycles. The number of fused-ring (bicyclic) bond motifs is 4. The van der Waals surface area contributed by atoms with Gasteiger partial charge in [0.1, 0.15) is 0 Å². The lowest BCUT2D eigenvalue weighted by Crippen LogP contribution is -2.10. The number of hydrogen-bond donors (Lipinski definition) is 0. The molecule has 1 nitrogen and oxygen atoms in total. The van der Waals surface area contributed by atoms with E-state index >= 15 is 0 Å². The van der Waals surface area contributed by atoms with Gasteiger partial charge < -0.3 is 4.90 Å². The van der Waals surface area contributed by atoms with Gasteiger partial charge in [-0.1, -0.05) is 206 Å². The summed E-state index contributed by atoms with van der Waals surface area (Å²) in [7, 11) is 0. The summed E-state index contributed by atoms with van der Waals surface area (Å²) in [5.41, 5.74) is 15.3. The summed E-state index contributed by atoms with van der Waals surface area (Å²) in [6.07, 6.45) is 0. The van der Waals surface area contributed by atoms with Crippen LogP contribution in [0.1, 0.15) is 0 Å². The van der Waals surface area contributed by atoms with Crippen molar-refractivity contribution >= 4 is 49.4 Å². The van der Waals surface area contributed by atoms with Crippen LogP contribution in [0.4, 0.5) is 17.1 Å². The van der Waals surface area contributed by atoms with Gasteiger partial charge >= 0.3 is 0 Å². The highest BCUT2D eigenvalue weighted by atomic mass is 15.1. The van der Waals surface area contributed by atoms with Crippen LogP contribution in [0.15, 0.2) is 249 Å². The summed E-state index contributed by atoms with van der Waals surface area (Å²) in [5, 5.41) is 7.55. The van der Waals surface area contributed by atoms with Crippen LogP contribution in [0.25, 0.3) is 88.0 Å². The van der Waals surface area contributed by atoms with Crippen molar-refractivity contribution in [2.75, 3.05) is 4.90 Å². The molecule has 0 unspecified atom stereocenters. The lowest BCUT2D eigenvalue weighted by Gasteiger charge is -2.26. The first-order chi connectivity index (χ1) is 30.2. The quantitative estimate of drug-likeness (QED) is 0.139. The van der Waals surface area contributed by atoms with E-state index in [-0.39, 0.29) is 0 Å². The molecule has 0 spiro atoms. The Labute approximate surface area is 357 Å². The maximum atomic E-state index is 2.38. The van der Waals surface area contributed by atoms with Crippen LogP contribution in [0.2, 0.25) is 0 Å². The molecule has 61 heavy (non-hydrogen) atoms. The molecule has 0 aliphatic heterocycles. The maximum absolute atomic E-state index is 2.38. The van der Waals surface area contributed by atoms with Gasteiger partial charge in [-0.25, -0.2) is 0 Å². The summed E-state index contributed by atoms with van der Waals surface area (Å²) in [6, 6.07) is 90.4. The van der Waals surface area contributed by atoms with Crippen LogP contribution in [-0.4, -0.2) is 0 Å². The summed E-state index contributed by atoms with van der Waals surface area (Å²) in [6.45, 7) is 0. The van der Waals surface area contributed by atoms with Crippen molar-refractivity contribution in [3.63, 3.8) is 0 Å². The highest BCUT2D eigenvalue weighted by Crippen LogP contribution is 2.42. The molecule has 0 bridgehead atoms. The van der Waals surface area contributed by atoms with Crippen molar-refractivity contribution in [2.45, 2.75) is 0 Å². The Bertz CT molecular complexity index is 3310. The molecule has 0 aliphatic carbocycles. The molecule has 0 saturated heterocycles. The summed E-state index contributed by atoms with van der Waals surface area (Å²) >= 11 is 0. The van der Waals surface area contributed by atoms with Gasteiger partial charge in [-0.3, -0.25) is 0 Å². The van der Waals surface area contributed by atoms with Crippen molar-refractivity contribution in [3.8, 4) is 55.6 Å². The average Bonchev–Trinajstić information content (AvgIpc) is 3.34. The van der Waals surface area contributed by atoms with Crippen LogP contribution in [0.3, 0.4) is 0 Å². The number of nitrogens with zero attached hydrogens (tertiary/aromatic N) is 1. The molecule has 0 N–H and O–H groups in total. The molecule has 1 heteroatoms. The van der Waals surface area contributed by atoms with Gasteiger partial charge in [-0.2, -0.15) is 0 Å². The Kier molecular flexibility index (Phi) is 9.26. The van der Waals surface area contributed by atoms with Crippen molar-refractivity contribution < 1.29 is 0 Å². The first-order valence-electron chi connectivity index (χ1n) is 21.0. The predicted octanol–water partition coefficient (Wildman–Crippen LogP) is 17.0. The van der Waals surface area contributed by atoms with Crippen molar-refractivity contribution in [3.05, 3.63) is 249 Å². The zero-order valence-electron chi connectivity index (χ0n) is 33.6. The maximum Gasteiger partial charge on any atom is 0.0467 e. The standard InChI is InChI=1S/C60H41N/c1-3-12-42(13-4-1)43-22-24-44(25-23-43)45-28-34-53(35-29-45)61(55-19-11-18-50(41-55)51-33-38-57-52(40-51)27-26-46-14-7-9-20-56(46)57)54-36-30-48(31-37-54)59-39-32-47-15-8-10-21-58(47)60(59)49-16-5-2-6-17-49/h1-41H. The van der Waals surface area contributed by atoms with E-state index in [9.17, 15) is 0 Å². The monoisotopic (exact) mass is 775 g/mol. The Hall–Kier alpha value is -8.00. The molecule has 0 radical (unpaired) electrons. The van der Waals surface area contributed by atoms with Gasteiger partial charge in [-0.15, -0.1) is 0 Å². The minimum atomic E-state index is 1.09. The van der Waals surface area contributed by atoms with Crippen LogP contribution in [0.5, 0.6) is 0 Å². The molecule has 11 rings (SSSR count). The minimum Gasteiger partial charge on any atom is -0.310 e. The van der Waals surface area contributed by atoms with Gasteiger partial charge in [0, 0.05) is 17.1 Å². The Morgan fingerprint density at radius 2 is 0.656 bits per heavy atom. The topological polar surface area (TPSA) is 3.24 Å². The van der Waals surface area contributed by atoms with E-state index in [0.717, 1.165) is 17.1 Å². The predicted molar refractivity (Wildman–Crippen MR) is 261 cm³/mol. The third kappa shape index (κ3) is 6.93. The van der Waals surface area contributed by atoms with E-state index < -0.39 is 0 Å². The number of benzene rings is 11. The Morgan fingerprint density at radius 1 is 0.213 bits per heavy atom. The van der Waals surface area contributed by atoms with Crippen LogP contribution >= 0.6 is 0 Å². The fraction of sp³-hybridized carbons (Fsp3) is 0. The lowest BCUT2D eigenvalue weighted by molar-refractivity contribution is 1.28. The Balaban J connectivity index is 0.994. The molecule has 0 saturated carbocycles. The fourth-order valence-electron chi connectivity index (χ4n) is 8.97. The van der Waals surface area contributed by atoms with Gasteiger partial charge in [0.15, 0.2) is 0 Å².